The van der Waals surface area contributed by atoms with Gasteiger partial charge in [0.05, 0.1) is 12.5 Å². The predicted molar refractivity (Wildman–Crippen MR) is 180 cm³/mol. The lowest BCUT2D eigenvalue weighted by Gasteiger charge is -2.27. The number of nitrogens with one attached hydrogen (secondary N) is 5. The van der Waals surface area contributed by atoms with Gasteiger partial charge >= 0.3 is 17.9 Å². The Morgan fingerprint density at radius 1 is 0.600 bits per heavy atom. The van der Waals surface area contributed by atoms with Crippen molar-refractivity contribution in [3.05, 3.63) is 0 Å². The Labute approximate surface area is 294 Å². The maximum Gasteiger partial charge on any atom is 0.326 e. The van der Waals surface area contributed by atoms with Crippen molar-refractivity contribution in [3.63, 3.8) is 0 Å². The molecule has 6 amide bonds. The van der Waals surface area contributed by atoms with Crippen LogP contribution in [0.2, 0.25) is 0 Å². The third kappa shape index (κ3) is 18.3. The fourth-order valence-electron chi connectivity index (χ4n) is 4.33. The van der Waals surface area contributed by atoms with E-state index < -0.39 is 109 Å². The summed E-state index contributed by atoms with van der Waals surface area (Å²) in [7, 11) is 0. The highest BCUT2D eigenvalue weighted by Crippen LogP contribution is 2.10. The van der Waals surface area contributed by atoms with Crippen LogP contribution < -0.4 is 38.1 Å². The number of nitrogens with two attached hydrogens (primary N) is 2. The second kappa shape index (κ2) is 23.0. The number of primary amides is 1. The lowest BCUT2D eigenvalue weighted by molar-refractivity contribution is -0.147. The van der Waals surface area contributed by atoms with Gasteiger partial charge in [-0.1, -0.05) is 27.7 Å². The van der Waals surface area contributed by atoms with E-state index in [1.165, 1.54) is 11.8 Å². The van der Waals surface area contributed by atoms with E-state index >= 15 is 0 Å². The van der Waals surface area contributed by atoms with Crippen molar-refractivity contribution in [2.24, 2.45) is 23.3 Å². The summed E-state index contributed by atoms with van der Waals surface area (Å²) in [5, 5.41) is 39.3. The number of carboxylic acid groups (broad SMARTS) is 3. The quantitative estimate of drug-likeness (QED) is 0.0480. The summed E-state index contributed by atoms with van der Waals surface area (Å²) < 4.78 is 0. The summed E-state index contributed by atoms with van der Waals surface area (Å²) in [6.07, 6.45) is -0.959. The van der Waals surface area contributed by atoms with Crippen molar-refractivity contribution in [1.29, 1.82) is 0 Å². The van der Waals surface area contributed by atoms with Crippen LogP contribution in [0, 0.1) is 11.8 Å². The second-order valence-electron chi connectivity index (χ2n) is 12.4. The van der Waals surface area contributed by atoms with Crippen molar-refractivity contribution in [3.8, 4) is 0 Å². The number of carbonyl (C=O) groups is 9. The van der Waals surface area contributed by atoms with Gasteiger partial charge in [-0.25, -0.2) is 4.79 Å². The van der Waals surface area contributed by atoms with E-state index in [1.807, 2.05) is 5.32 Å². The normalized spacial score (nSPS) is 14.6. The van der Waals surface area contributed by atoms with Gasteiger partial charge in [0.15, 0.2) is 0 Å². The molecule has 0 fully saturated rings. The van der Waals surface area contributed by atoms with Gasteiger partial charge in [0.1, 0.15) is 30.2 Å². The number of hydrogen-bond donors (Lipinski definition) is 10. The highest BCUT2D eigenvalue weighted by atomic mass is 32.2. The molecule has 0 bridgehead atoms. The van der Waals surface area contributed by atoms with Crippen molar-refractivity contribution in [2.75, 3.05) is 12.0 Å². The zero-order chi connectivity index (χ0) is 38.7. The first-order chi connectivity index (χ1) is 23.2. The summed E-state index contributed by atoms with van der Waals surface area (Å²) in [6.45, 7) is 7.06. The summed E-state index contributed by atoms with van der Waals surface area (Å²) >= 11 is 1.29. The molecule has 0 rings (SSSR count). The van der Waals surface area contributed by atoms with E-state index in [4.69, 9.17) is 21.7 Å². The van der Waals surface area contributed by atoms with Gasteiger partial charge < -0.3 is 53.4 Å². The molecule has 20 heteroatoms. The molecule has 284 valence electrons. The van der Waals surface area contributed by atoms with Crippen molar-refractivity contribution < 1.29 is 58.5 Å². The maximum absolute atomic E-state index is 13.5. The topological polar surface area (TPSA) is 327 Å². The van der Waals surface area contributed by atoms with Crippen LogP contribution in [-0.4, -0.2) is 117 Å². The number of carbonyl (C=O) groups excluding carboxylic acids is 6. The predicted octanol–water partition coefficient (Wildman–Crippen LogP) is -2.12. The third-order valence-corrected chi connectivity index (χ3v) is 7.83. The first kappa shape index (κ1) is 45.5. The lowest BCUT2D eigenvalue weighted by atomic mass is 10.00. The Balaban J connectivity index is 6.26. The van der Waals surface area contributed by atoms with Crippen LogP contribution in [0.5, 0.6) is 0 Å². The van der Waals surface area contributed by atoms with Gasteiger partial charge in [0.25, 0.3) is 0 Å². The third-order valence-electron chi connectivity index (χ3n) is 7.19. The molecule has 19 nitrogen and oxygen atoms in total. The first-order valence-corrected chi connectivity index (χ1v) is 17.3. The molecule has 0 aliphatic carbocycles. The smallest absolute Gasteiger partial charge is 0.326 e. The van der Waals surface area contributed by atoms with Crippen LogP contribution in [0.1, 0.15) is 72.6 Å². The molecular weight excluding hydrogens is 682 g/mol. The maximum atomic E-state index is 13.5. The lowest BCUT2D eigenvalue weighted by Crippen LogP contribution is -2.59. The molecular formula is C30H51N7O12S. The Kier molecular flexibility index (Phi) is 21.0. The number of thioether (sulfide) groups is 1. The number of carboxylic acids is 3. The fourth-order valence-corrected chi connectivity index (χ4v) is 4.81. The van der Waals surface area contributed by atoms with Crippen molar-refractivity contribution >= 4 is 65.1 Å². The molecule has 0 unspecified atom stereocenters. The number of aliphatic carboxylic acids is 3. The van der Waals surface area contributed by atoms with Crippen molar-refractivity contribution in [1.82, 2.24) is 26.6 Å². The largest absolute Gasteiger partial charge is 0.481 e. The molecule has 0 aromatic heterocycles. The minimum atomic E-state index is -1.89. The summed E-state index contributed by atoms with van der Waals surface area (Å²) in [6, 6.07) is -8.38. The van der Waals surface area contributed by atoms with E-state index in [9.17, 15) is 48.3 Å². The second-order valence-corrected chi connectivity index (χ2v) is 13.3. The van der Waals surface area contributed by atoms with Gasteiger partial charge in [-0.3, -0.25) is 38.4 Å². The molecule has 0 spiro atoms. The van der Waals surface area contributed by atoms with Crippen LogP contribution in [0.15, 0.2) is 0 Å². The van der Waals surface area contributed by atoms with Crippen LogP contribution in [0.25, 0.3) is 0 Å². The van der Waals surface area contributed by atoms with Gasteiger partial charge in [0.2, 0.25) is 35.4 Å². The standard InChI is InChI=1S/C30H51N7O12S/c1-14(2)12-19(36-29(47)24(32)15(3)4)28(46)34-16(6-8-21(31)38)25(43)35-18(10-11-50-5)27(45)33-17(7-9-22(39)40)26(44)37-20(30(48)49)13-23(41)42/h14-20,24H,6-13,32H2,1-5H3,(H2,31,38)(H,33,45)(H,34,46)(H,35,43)(H,36,47)(H,37,44)(H,39,40)(H,41,42)(H,48,49)/t16-,17-,18-,19-,20-,24-/m0/s1. The van der Waals surface area contributed by atoms with E-state index in [0.29, 0.717) is 5.75 Å². The van der Waals surface area contributed by atoms with Gasteiger partial charge in [0, 0.05) is 12.8 Å². The fraction of sp³-hybridized carbons (Fsp3) is 0.700. The molecule has 0 radical (unpaired) electrons. The summed E-state index contributed by atoms with van der Waals surface area (Å²) in [5.41, 5.74) is 11.2. The molecule has 0 aliphatic rings. The number of hydrogen-bond acceptors (Lipinski definition) is 11. The number of amides is 6. The molecule has 0 aliphatic heterocycles. The van der Waals surface area contributed by atoms with Gasteiger partial charge in [-0.2, -0.15) is 11.8 Å². The van der Waals surface area contributed by atoms with Crippen LogP contribution in [-0.2, 0) is 43.2 Å². The van der Waals surface area contributed by atoms with E-state index in [2.05, 4.69) is 21.3 Å². The van der Waals surface area contributed by atoms with Gasteiger partial charge in [-0.15, -0.1) is 0 Å². The van der Waals surface area contributed by atoms with Crippen LogP contribution >= 0.6 is 11.8 Å². The Hall–Kier alpha value is -4.46. The minimum absolute atomic E-state index is 0.0294. The molecule has 0 saturated carbocycles. The highest BCUT2D eigenvalue weighted by Gasteiger charge is 2.34. The monoisotopic (exact) mass is 733 g/mol. The Bertz CT molecular complexity index is 1230. The van der Waals surface area contributed by atoms with Gasteiger partial charge in [-0.05, 0) is 49.5 Å². The zero-order valence-corrected chi connectivity index (χ0v) is 29.7. The van der Waals surface area contributed by atoms with E-state index in [-0.39, 0.29) is 37.5 Å². The minimum Gasteiger partial charge on any atom is -0.481 e. The highest BCUT2D eigenvalue weighted by molar-refractivity contribution is 7.98. The molecule has 6 atom stereocenters. The Morgan fingerprint density at radius 3 is 1.40 bits per heavy atom. The molecule has 0 aromatic carbocycles. The first-order valence-electron chi connectivity index (χ1n) is 15.9. The van der Waals surface area contributed by atoms with Crippen molar-refractivity contribution in [2.45, 2.75) is 109 Å². The van der Waals surface area contributed by atoms with Crippen LogP contribution in [0.3, 0.4) is 0 Å². The SMILES string of the molecule is CSCC[C@H](NC(=O)[C@H](CCC(N)=O)NC(=O)[C@H](CC(C)C)NC(=O)[C@@H](N)C(C)C)C(=O)N[C@@H](CCC(=O)O)C(=O)N[C@@H](CC(=O)O)C(=O)O. The molecule has 0 saturated heterocycles. The zero-order valence-electron chi connectivity index (χ0n) is 28.9. The number of rotatable bonds is 25. The molecule has 50 heavy (non-hydrogen) atoms. The van der Waals surface area contributed by atoms with E-state index in [1.54, 1.807) is 34.0 Å². The average molecular weight is 734 g/mol. The summed E-state index contributed by atoms with van der Waals surface area (Å²) in [4.78, 5) is 111. The summed E-state index contributed by atoms with van der Waals surface area (Å²) in [5.74, 6) is -9.84. The average Bonchev–Trinajstić information content (AvgIpc) is 3.00. The van der Waals surface area contributed by atoms with E-state index in [0.717, 1.165) is 0 Å². The van der Waals surface area contributed by atoms with Crippen LogP contribution in [0.4, 0.5) is 0 Å². The Morgan fingerprint density at radius 2 is 1.02 bits per heavy atom. The molecule has 12 N–H and O–H groups in total. The molecule has 0 heterocycles. The molecule has 0 aromatic rings.